The smallest absolute Gasteiger partial charge is 0.122 e. The van der Waals surface area contributed by atoms with Gasteiger partial charge in [-0.3, -0.25) is 4.90 Å². The Morgan fingerprint density at radius 3 is 3.08 bits per heavy atom. The molecule has 1 atom stereocenters. The third kappa shape index (κ3) is 2.83. The molecule has 0 saturated heterocycles. The molecule has 0 amide bonds. The lowest BCUT2D eigenvalue weighted by atomic mass is 10.1. The zero-order valence-corrected chi connectivity index (χ0v) is 8.29. The molecule has 3 nitrogen and oxygen atoms in total. The van der Waals surface area contributed by atoms with E-state index in [1.54, 1.807) is 7.11 Å². The summed E-state index contributed by atoms with van der Waals surface area (Å²) in [5, 5.41) is 8.90. The summed E-state index contributed by atoms with van der Waals surface area (Å²) >= 11 is 0. The van der Waals surface area contributed by atoms with Gasteiger partial charge < -0.3 is 4.74 Å². The van der Waals surface area contributed by atoms with Crippen molar-refractivity contribution in [3.8, 4) is 6.07 Å². The minimum Gasteiger partial charge on any atom is -0.382 e. The van der Waals surface area contributed by atoms with E-state index in [0.29, 0.717) is 6.61 Å². The first-order valence-electron chi connectivity index (χ1n) is 4.56. The van der Waals surface area contributed by atoms with Gasteiger partial charge in [0.1, 0.15) is 6.04 Å². The van der Waals surface area contributed by atoms with E-state index in [4.69, 9.17) is 10.00 Å². The first-order chi connectivity index (χ1) is 6.27. The van der Waals surface area contributed by atoms with Gasteiger partial charge in [-0.05, 0) is 13.3 Å². The summed E-state index contributed by atoms with van der Waals surface area (Å²) in [7, 11) is 1.64. The maximum atomic E-state index is 8.90. The Hall–Kier alpha value is -0.850. The summed E-state index contributed by atoms with van der Waals surface area (Å²) in [6.07, 6.45) is 3.28. The van der Waals surface area contributed by atoms with E-state index in [1.165, 1.54) is 5.57 Å². The zero-order chi connectivity index (χ0) is 9.68. The second-order valence-corrected chi connectivity index (χ2v) is 3.41. The first kappa shape index (κ1) is 10.2. The molecule has 72 valence electrons. The number of nitrogens with zero attached hydrogens (tertiary/aromatic N) is 2. The van der Waals surface area contributed by atoms with Gasteiger partial charge in [0.2, 0.25) is 0 Å². The number of ether oxygens (including phenoxy) is 1. The van der Waals surface area contributed by atoms with E-state index in [9.17, 15) is 0 Å². The lowest BCUT2D eigenvalue weighted by Crippen LogP contribution is -2.40. The van der Waals surface area contributed by atoms with Crippen LogP contribution in [0.3, 0.4) is 0 Å². The van der Waals surface area contributed by atoms with Crippen molar-refractivity contribution in [1.82, 2.24) is 4.90 Å². The van der Waals surface area contributed by atoms with Crippen LogP contribution < -0.4 is 0 Å². The summed E-state index contributed by atoms with van der Waals surface area (Å²) in [6.45, 7) is 4.48. The maximum absolute atomic E-state index is 8.90. The highest BCUT2D eigenvalue weighted by Crippen LogP contribution is 2.11. The van der Waals surface area contributed by atoms with E-state index in [0.717, 1.165) is 19.5 Å². The van der Waals surface area contributed by atoms with Crippen molar-refractivity contribution >= 4 is 0 Å². The van der Waals surface area contributed by atoms with Gasteiger partial charge in [0.25, 0.3) is 0 Å². The highest BCUT2D eigenvalue weighted by Gasteiger charge is 2.19. The molecular weight excluding hydrogens is 164 g/mol. The highest BCUT2D eigenvalue weighted by molar-refractivity contribution is 5.08. The highest BCUT2D eigenvalue weighted by atomic mass is 16.5. The predicted octanol–water partition coefficient (Wildman–Crippen LogP) is 1.18. The Morgan fingerprint density at radius 1 is 1.77 bits per heavy atom. The molecule has 0 aliphatic carbocycles. The molecule has 1 aliphatic heterocycles. The summed E-state index contributed by atoms with van der Waals surface area (Å²) in [5.41, 5.74) is 1.35. The molecule has 0 saturated carbocycles. The van der Waals surface area contributed by atoms with Crippen LogP contribution in [0.25, 0.3) is 0 Å². The summed E-state index contributed by atoms with van der Waals surface area (Å²) in [5.74, 6) is 0. The van der Waals surface area contributed by atoms with Crippen LogP contribution in [-0.4, -0.2) is 37.7 Å². The Kier molecular flexibility index (Phi) is 3.94. The minimum absolute atomic E-state index is 0.0892. The molecule has 3 heteroatoms. The van der Waals surface area contributed by atoms with Gasteiger partial charge >= 0.3 is 0 Å². The molecule has 0 radical (unpaired) electrons. The number of hydrogen-bond donors (Lipinski definition) is 0. The monoisotopic (exact) mass is 180 g/mol. The first-order valence-corrected chi connectivity index (χ1v) is 4.56. The van der Waals surface area contributed by atoms with E-state index in [2.05, 4.69) is 24.0 Å². The van der Waals surface area contributed by atoms with E-state index < -0.39 is 0 Å². The van der Waals surface area contributed by atoms with Crippen LogP contribution >= 0.6 is 0 Å². The Labute approximate surface area is 79.6 Å². The largest absolute Gasteiger partial charge is 0.382 e. The van der Waals surface area contributed by atoms with E-state index >= 15 is 0 Å². The molecule has 13 heavy (non-hydrogen) atoms. The van der Waals surface area contributed by atoms with Crippen LogP contribution in [0.5, 0.6) is 0 Å². The quantitative estimate of drug-likeness (QED) is 0.612. The van der Waals surface area contributed by atoms with Crippen LogP contribution in [0.1, 0.15) is 13.3 Å². The van der Waals surface area contributed by atoms with E-state index in [-0.39, 0.29) is 6.04 Å². The van der Waals surface area contributed by atoms with Gasteiger partial charge in [-0.25, -0.2) is 0 Å². The Morgan fingerprint density at radius 2 is 2.54 bits per heavy atom. The molecule has 0 aromatic carbocycles. The fourth-order valence-corrected chi connectivity index (χ4v) is 1.59. The molecule has 0 aromatic heterocycles. The zero-order valence-electron chi connectivity index (χ0n) is 8.29. The average Bonchev–Trinajstić information content (AvgIpc) is 2.14. The third-order valence-electron chi connectivity index (χ3n) is 2.28. The second kappa shape index (κ2) is 5.00. The number of nitriles is 1. The second-order valence-electron chi connectivity index (χ2n) is 3.41. The molecule has 1 rings (SSSR count). The predicted molar refractivity (Wildman–Crippen MR) is 51.2 cm³/mol. The number of hydrogen-bond acceptors (Lipinski definition) is 3. The van der Waals surface area contributed by atoms with Gasteiger partial charge in [0.15, 0.2) is 0 Å². The van der Waals surface area contributed by atoms with Crippen molar-refractivity contribution in [2.75, 3.05) is 26.8 Å². The van der Waals surface area contributed by atoms with Crippen LogP contribution in [0.4, 0.5) is 0 Å². The topological polar surface area (TPSA) is 36.3 Å². The normalized spacial score (nSPS) is 20.5. The van der Waals surface area contributed by atoms with E-state index in [1.807, 2.05) is 0 Å². The number of rotatable bonds is 3. The maximum Gasteiger partial charge on any atom is 0.122 e. The van der Waals surface area contributed by atoms with Gasteiger partial charge in [-0.2, -0.15) is 5.26 Å². The molecule has 0 fully saturated rings. The van der Waals surface area contributed by atoms with Gasteiger partial charge in [-0.15, -0.1) is 0 Å². The van der Waals surface area contributed by atoms with Crippen LogP contribution in [0.15, 0.2) is 11.6 Å². The fraction of sp³-hybridized carbons (Fsp3) is 0.700. The van der Waals surface area contributed by atoms with Crippen molar-refractivity contribution in [1.29, 1.82) is 5.26 Å². The Balaban J connectivity index is 2.51. The minimum atomic E-state index is -0.0892. The molecule has 0 N–H and O–H groups in total. The van der Waals surface area contributed by atoms with Crippen molar-refractivity contribution in [3.05, 3.63) is 11.6 Å². The SMILES string of the molecule is COCC(C#N)N1CCC=C(C)C1. The van der Waals surface area contributed by atoms with Gasteiger partial charge in [0.05, 0.1) is 12.7 Å². The lowest BCUT2D eigenvalue weighted by molar-refractivity contribution is 0.121. The lowest BCUT2D eigenvalue weighted by Gasteiger charge is -2.29. The molecule has 1 aliphatic rings. The van der Waals surface area contributed by atoms with Crippen molar-refractivity contribution < 1.29 is 4.74 Å². The van der Waals surface area contributed by atoms with Crippen LogP contribution in [0, 0.1) is 11.3 Å². The Bertz CT molecular complexity index is 230. The summed E-state index contributed by atoms with van der Waals surface area (Å²) in [4.78, 5) is 2.17. The van der Waals surface area contributed by atoms with Gasteiger partial charge in [-0.1, -0.05) is 11.6 Å². The van der Waals surface area contributed by atoms with Crippen molar-refractivity contribution in [2.45, 2.75) is 19.4 Å². The van der Waals surface area contributed by atoms with Crippen molar-refractivity contribution in [3.63, 3.8) is 0 Å². The fourth-order valence-electron chi connectivity index (χ4n) is 1.59. The van der Waals surface area contributed by atoms with Crippen molar-refractivity contribution in [2.24, 2.45) is 0 Å². The molecule has 1 unspecified atom stereocenters. The summed E-state index contributed by atoms with van der Waals surface area (Å²) < 4.78 is 5.00. The third-order valence-corrected chi connectivity index (χ3v) is 2.28. The van der Waals surface area contributed by atoms with Crippen LogP contribution in [-0.2, 0) is 4.74 Å². The van der Waals surface area contributed by atoms with Crippen LogP contribution in [0.2, 0.25) is 0 Å². The molecular formula is C10H16N2O. The standard InChI is InChI=1S/C10H16N2O/c1-9-4-3-5-12(7-9)10(6-11)8-13-2/h4,10H,3,5,7-8H2,1-2H3. The van der Waals surface area contributed by atoms with Gasteiger partial charge in [0, 0.05) is 20.2 Å². The molecule has 0 bridgehead atoms. The number of methoxy groups -OCH3 is 1. The molecule has 0 spiro atoms. The molecule has 1 heterocycles. The summed E-state index contributed by atoms with van der Waals surface area (Å²) in [6, 6.07) is 2.18. The average molecular weight is 180 g/mol. The molecule has 0 aromatic rings.